The van der Waals surface area contributed by atoms with Gasteiger partial charge in [0.25, 0.3) is 0 Å². The van der Waals surface area contributed by atoms with Crippen LogP contribution in [0.3, 0.4) is 0 Å². The van der Waals surface area contributed by atoms with Crippen LogP contribution >= 0.6 is 15.9 Å². The largest absolute Gasteiger partial charge is 0.102 e. The van der Waals surface area contributed by atoms with Gasteiger partial charge < -0.3 is 0 Å². The summed E-state index contributed by atoms with van der Waals surface area (Å²) in [5, 5.41) is 0.940. The van der Waals surface area contributed by atoms with E-state index in [1.165, 1.54) is 0 Å². The van der Waals surface area contributed by atoms with Crippen LogP contribution < -0.4 is 0 Å². The second-order valence-electron chi connectivity index (χ2n) is 1.38. The smallest absolute Gasteiger partial charge is 0.0271 e. The molecule has 0 N–H and O–H groups in total. The molecular formula is C6H8Br. The zero-order valence-electron chi connectivity index (χ0n) is 4.37. The second kappa shape index (κ2) is 4.21. The third-order valence-corrected chi connectivity index (χ3v) is 1.55. The minimum atomic E-state index is 0.442. The highest BCUT2D eigenvalue weighted by atomic mass is 79.9. The van der Waals surface area contributed by atoms with Crippen LogP contribution in [0.2, 0.25) is 0 Å². The van der Waals surface area contributed by atoms with Gasteiger partial charge in [0, 0.05) is 18.2 Å². The van der Waals surface area contributed by atoms with Crippen LogP contribution in [0.4, 0.5) is 0 Å². The molecule has 0 heterocycles. The van der Waals surface area contributed by atoms with Gasteiger partial charge in [0.2, 0.25) is 0 Å². The summed E-state index contributed by atoms with van der Waals surface area (Å²) in [6.07, 6.45) is 0. The van der Waals surface area contributed by atoms with Crippen molar-refractivity contribution in [2.45, 2.75) is 6.92 Å². The summed E-state index contributed by atoms with van der Waals surface area (Å²) < 4.78 is 0. The van der Waals surface area contributed by atoms with Crippen molar-refractivity contribution < 1.29 is 0 Å². The normalized spacial score (nSPS) is 11.9. The van der Waals surface area contributed by atoms with Crippen LogP contribution in [-0.4, -0.2) is 5.33 Å². The summed E-state index contributed by atoms with van der Waals surface area (Å²) in [5.74, 6) is 5.92. The Kier molecular flexibility index (Phi) is 4.23. The van der Waals surface area contributed by atoms with Crippen LogP contribution in [0.1, 0.15) is 6.92 Å². The van der Waals surface area contributed by atoms with Crippen LogP contribution in [0.15, 0.2) is 0 Å². The molecule has 0 fully saturated rings. The fourth-order valence-electron chi connectivity index (χ4n) is 0.213. The van der Waals surface area contributed by atoms with Crippen molar-refractivity contribution in [3.05, 3.63) is 6.92 Å². The van der Waals surface area contributed by atoms with Crippen molar-refractivity contribution in [2.24, 2.45) is 5.92 Å². The van der Waals surface area contributed by atoms with E-state index in [1.54, 1.807) is 0 Å². The number of alkyl halides is 1. The van der Waals surface area contributed by atoms with E-state index in [4.69, 9.17) is 0 Å². The number of rotatable bonds is 1. The van der Waals surface area contributed by atoms with Crippen molar-refractivity contribution >= 4 is 15.9 Å². The lowest BCUT2D eigenvalue weighted by molar-refractivity contribution is 0.890. The third kappa shape index (κ3) is 3.88. The Morgan fingerprint density at radius 3 is 2.57 bits per heavy atom. The Hall–Kier alpha value is 0.0400. The van der Waals surface area contributed by atoms with E-state index in [9.17, 15) is 0 Å². The summed E-state index contributed by atoms with van der Waals surface area (Å²) in [6.45, 7) is 5.44. The maximum absolute atomic E-state index is 3.39. The van der Waals surface area contributed by atoms with Crippen molar-refractivity contribution in [3.63, 3.8) is 0 Å². The van der Waals surface area contributed by atoms with E-state index >= 15 is 0 Å². The molecule has 0 aliphatic carbocycles. The van der Waals surface area contributed by atoms with Crippen molar-refractivity contribution in [2.75, 3.05) is 5.33 Å². The van der Waals surface area contributed by atoms with Crippen LogP contribution in [-0.2, 0) is 0 Å². The highest BCUT2D eigenvalue weighted by Gasteiger charge is 1.87. The lowest BCUT2D eigenvalue weighted by Crippen LogP contribution is -1.87. The molecule has 0 aliphatic rings. The van der Waals surface area contributed by atoms with Gasteiger partial charge in [0.05, 0.1) is 0 Å². The van der Waals surface area contributed by atoms with Crippen LogP contribution in [0.5, 0.6) is 0 Å². The Balaban J connectivity index is 3.29. The summed E-state index contributed by atoms with van der Waals surface area (Å²) in [4.78, 5) is 0. The zero-order chi connectivity index (χ0) is 5.70. The number of halogens is 1. The molecule has 1 unspecified atom stereocenters. The monoisotopic (exact) mass is 159 g/mol. The van der Waals surface area contributed by atoms with Gasteiger partial charge in [0.15, 0.2) is 0 Å². The summed E-state index contributed by atoms with van der Waals surface area (Å²) in [5.41, 5.74) is 0. The van der Waals surface area contributed by atoms with Crippen molar-refractivity contribution in [3.8, 4) is 11.8 Å². The molecule has 0 spiro atoms. The molecule has 0 aliphatic heterocycles. The van der Waals surface area contributed by atoms with Crippen molar-refractivity contribution in [1.82, 2.24) is 0 Å². The summed E-state index contributed by atoms with van der Waals surface area (Å²) >= 11 is 3.29. The standard InChI is InChI=1S/C6H8Br/c1-3-4-6(2)5-7/h6H,1,5H2,2H3. The number of hydrogen-bond acceptors (Lipinski definition) is 0. The Bertz CT molecular complexity index is 86.1. The Morgan fingerprint density at radius 2 is 2.43 bits per heavy atom. The van der Waals surface area contributed by atoms with Gasteiger partial charge in [-0.25, -0.2) is 0 Å². The fraction of sp³-hybridized carbons (Fsp3) is 0.500. The Morgan fingerprint density at radius 1 is 1.86 bits per heavy atom. The van der Waals surface area contributed by atoms with E-state index in [0.29, 0.717) is 5.92 Å². The lowest BCUT2D eigenvalue weighted by atomic mass is 10.2. The molecule has 0 nitrogen and oxygen atoms in total. The first-order valence-electron chi connectivity index (χ1n) is 2.15. The maximum Gasteiger partial charge on any atom is 0.0271 e. The molecule has 1 radical (unpaired) electrons. The molecule has 0 aromatic carbocycles. The lowest BCUT2D eigenvalue weighted by Gasteiger charge is -1.90. The van der Waals surface area contributed by atoms with E-state index in [2.05, 4.69) is 34.7 Å². The van der Waals surface area contributed by atoms with Gasteiger partial charge in [-0.15, -0.1) is 5.92 Å². The molecule has 0 bridgehead atoms. The molecule has 1 heteroatoms. The average Bonchev–Trinajstić information content (AvgIpc) is 1.68. The predicted molar refractivity (Wildman–Crippen MR) is 36.1 cm³/mol. The molecule has 7 heavy (non-hydrogen) atoms. The summed E-state index contributed by atoms with van der Waals surface area (Å²) in [6, 6.07) is 0. The molecule has 0 aromatic rings. The van der Waals surface area contributed by atoms with Gasteiger partial charge >= 0.3 is 0 Å². The number of hydrogen-bond donors (Lipinski definition) is 0. The molecule has 0 aromatic heterocycles. The summed E-state index contributed by atoms with van der Waals surface area (Å²) in [7, 11) is 0. The Labute approximate surface area is 53.4 Å². The molecule has 0 saturated heterocycles. The van der Waals surface area contributed by atoms with E-state index < -0.39 is 0 Å². The second-order valence-corrected chi connectivity index (χ2v) is 2.02. The van der Waals surface area contributed by atoms with E-state index in [-0.39, 0.29) is 0 Å². The highest BCUT2D eigenvalue weighted by molar-refractivity contribution is 9.09. The predicted octanol–water partition coefficient (Wildman–Crippen LogP) is 1.85. The minimum Gasteiger partial charge on any atom is -0.102 e. The molecule has 1 atom stereocenters. The molecule has 0 amide bonds. The van der Waals surface area contributed by atoms with Gasteiger partial charge in [-0.2, -0.15) is 0 Å². The first kappa shape index (κ1) is 7.04. The van der Waals surface area contributed by atoms with Gasteiger partial charge in [0.1, 0.15) is 0 Å². The molecule has 39 valence electrons. The van der Waals surface area contributed by atoms with Gasteiger partial charge in [-0.05, 0) is 0 Å². The third-order valence-electron chi connectivity index (χ3n) is 0.580. The SMILES string of the molecule is [CH2]C#CC(C)CBr. The van der Waals surface area contributed by atoms with E-state index in [0.717, 1.165) is 5.33 Å². The minimum absolute atomic E-state index is 0.442. The first-order valence-corrected chi connectivity index (χ1v) is 3.27. The van der Waals surface area contributed by atoms with Gasteiger partial charge in [-0.1, -0.05) is 28.8 Å². The van der Waals surface area contributed by atoms with Crippen LogP contribution in [0, 0.1) is 24.7 Å². The highest BCUT2D eigenvalue weighted by Crippen LogP contribution is 1.95. The fourth-order valence-corrected chi connectivity index (χ4v) is 0.375. The zero-order valence-corrected chi connectivity index (χ0v) is 5.96. The average molecular weight is 160 g/mol. The van der Waals surface area contributed by atoms with E-state index in [1.807, 2.05) is 6.92 Å². The molecular weight excluding hydrogens is 152 g/mol. The van der Waals surface area contributed by atoms with Crippen molar-refractivity contribution in [1.29, 1.82) is 0 Å². The maximum atomic E-state index is 3.39. The van der Waals surface area contributed by atoms with Gasteiger partial charge in [-0.3, -0.25) is 0 Å². The quantitative estimate of drug-likeness (QED) is 0.405. The van der Waals surface area contributed by atoms with Crippen LogP contribution in [0.25, 0.3) is 0 Å². The molecule has 0 saturated carbocycles. The molecule has 0 rings (SSSR count). The first-order chi connectivity index (χ1) is 3.31. The topological polar surface area (TPSA) is 0 Å².